The van der Waals surface area contributed by atoms with Crippen molar-refractivity contribution in [1.29, 1.82) is 0 Å². The highest BCUT2D eigenvalue weighted by Crippen LogP contribution is 2.30. The minimum Gasteiger partial charge on any atom is -0.379 e. The van der Waals surface area contributed by atoms with Crippen molar-refractivity contribution in [2.24, 2.45) is 0 Å². The number of aromatic nitrogens is 1. The van der Waals surface area contributed by atoms with Gasteiger partial charge in [0.2, 0.25) is 5.91 Å². The smallest absolute Gasteiger partial charge is 0.239 e. The second-order valence-corrected chi connectivity index (χ2v) is 6.95. The van der Waals surface area contributed by atoms with Gasteiger partial charge in [-0.15, -0.1) is 0 Å². The molecule has 0 atom stereocenters. The van der Waals surface area contributed by atoms with E-state index >= 15 is 0 Å². The highest BCUT2D eigenvalue weighted by Gasteiger charge is 2.14. The van der Waals surface area contributed by atoms with Crippen molar-refractivity contribution in [3.8, 4) is 0 Å². The number of nitrogens with zero attached hydrogens (tertiary/aromatic N) is 2. The lowest BCUT2D eigenvalue weighted by atomic mass is 10.2. The largest absolute Gasteiger partial charge is 0.379 e. The molecule has 24 heavy (non-hydrogen) atoms. The number of hydrogen-bond donors (Lipinski definition) is 1. The highest BCUT2D eigenvalue weighted by atomic mass is 79.9. The summed E-state index contributed by atoms with van der Waals surface area (Å²) in [6.45, 7) is 7.76. The van der Waals surface area contributed by atoms with Gasteiger partial charge in [0.1, 0.15) is 6.54 Å². The van der Waals surface area contributed by atoms with Crippen LogP contribution in [-0.4, -0.2) is 54.8 Å². The summed E-state index contributed by atoms with van der Waals surface area (Å²) in [5.41, 5.74) is 2.17. The van der Waals surface area contributed by atoms with Crippen LogP contribution in [-0.2, 0) is 16.1 Å². The molecule has 0 aliphatic carbocycles. The number of carbonyl (C=O) groups is 1. The lowest BCUT2D eigenvalue weighted by Crippen LogP contribution is -2.38. The van der Waals surface area contributed by atoms with Gasteiger partial charge in [-0.25, -0.2) is 0 Å². The molecule has 0 radical (unpaired) electrons. The Bertz CT molecular complexity index is 708. The molecule has 1 aliphatic rings. The van der Waals surface area contributed by atoms with Crippen LogP contribution in [0.1, 0.15) is 12.1 Å². The minimum absolute atomic E-state index is 0.0633. The van der Waals surface area contributed by atoms with Crippen LogP contribution in [0.15, 0.2) is 28.7 Å². The molecule has 6 heteroatoms. The van der Waals surface area contributed by atoms with Crippen molar-refractivity contribution in [3.05, 3.63) is 34.4 Å². The first-order valence-electron chi connectivity index (χ1n) is 8.47. The van der Waals surface area contributed by atoms with Gasteiger partial charge in [-0.1, -0.05) is 18.2 Å². The van der Waals surface area contributed by atoms with Crippen molar-refractivity contribution in [3.63, 3.8) is 0 Å². The van der Waals surface area contributed by atoms with Crippen LogP contribution < -0.4 is 5.32 Å². The standard InChI is InChI=1S/C18H24BrN3O2/c1-14-18(19)15-5-2-3-6-16(15)22(14)13-17(23)20-7-4-8-21-9-11-24-12-10-21/h2-3,5-6H,4,7-13H2,1H3,(H,20,23). The third-order valence-corrected chi connectivity index (χ3v) is 5.53. The van der Waals surface area contributed by atoms with Crippen molar-refractivity contribution < 1.29 is 9.53 Å². The molecule has 1 aromatic heterocycles. The third kappa shape index (κ3) is 3.99. The summed E-state index contributed by atoms with van der Waals surface area (Å²) in [6, 6.07) is 8.15. The average molecular weight is 394 g/mol. The van der Waals surface area contributed by atoms with E-state index in [4.69, 9.17) is 4.74 Å². The van der Waals surface area contributed by atoms with Crippen LogP contribution in [0, 0.1) is 6.92 Å². The van der Waals surface area contributed by atoms with Crippen LogP contribution in [0.5, 0.6) is 0 Å². The van der Waals surface area contributed by atoms with Crippen LogP contribution in [0.2, 0.25) is 0 Å². The van der Waals surface area contributed by atoms with Gasteiger partial charge < -0.3 is 14.6 Å². The van der Waals surface area contributed by atoms with E-state index in [2.05, 4.69) is 42.8 Å². The van der Waals surface area contributed by atoms with Gasteiger partial charge in [-0.2, -0.15) is 0 Å². The van der Waals surface area contributed by atoms with E-state index in [-0.39, 0.29) is 5.91 Å². The van der Waals surface area contributed by atoms with Crippen molar-refractivity contribution >= 4 is 32.7 Å². The number of hydrogen-bond acceptors (Lipinski definition) is 3. The fraction of sp³-hybridized carbons (Fsp3) is 0.500. The van der Waals surface area contributed by atoms with Crippen molar-refractivity contribution in [2.75, 3.05) is 39.4 Å². The Hall–Kier alpha value is -1.37. The molecule has 2 heterocycles. The third-order valence-electron chi connectivity index (χ3n) is 4.53. The predicted octanol–water partition coefficient (Wildman–Crippen LogP) is 2.55. The molecular weight excluding hydrogens is 370 g/mol. The number of carbonyl (C=O) groups excluding carboxylic acids is 1. The number of ether oxygens (including phenoxy) is 1. The Balaban J connectivity index is 1.51. The van der Waals surface area contributed by atoms with Gasteiger partial charge in [0.25, 0.3) is 0 Å². The first-order valence-corrected chi connectivity index (χ1v) is 9.26. The van der Waals surface area contributed by atoms with Gasteiger partial charge >= 0.3 is 0 Å². The van der Waals surface area contributed by atoms with E-state index in [1.807, 2.05) is 19.1 Å². The van der Waals surface area contributed by atoms with Gasteiger partial charge in [0.15, 0.2) is 0 Å². The molecule has 3 rings (SSSR count). The van der Waals surface area contributed by atoms with Crippen molar-refractivity contribution in [2.45, 2.75) is 19.9 Å². The van der Waals surface area contributed by atoms with E-state index in [1.54, 1.807) is 0 Å². The average Bonchev–Trinajstić information content (AvgIpc) is 2.85. The summed E-state index contributed by atoms with van der Waals surface area (Å²) in [4.78, 5) is 14.7. The van der Waals surface area contributed by atoms with E-state index in [1.165, 1.54) is 0 Å². The number of nitrogens with one attached hydrogen (secondary N) is 1. The quantitative estimate of drug-likeness (QED) is 0.767. The lowest BCUT2D eigenvalue weighted by Gasteiger charge is -2.26. The number of fused-ring (bicyclic) bond motifs is 1. The predicted molar refractivity (Wildman–Crippen MR) is 99.3 cm³/mol. The molecule has 0 bridgehead atoms. The van der Waals surface area contributed by atoms with Crippen LogP contribution in [0.25, 0.3) is 10.9 Å². The van der Waals surface area contributed by atoms with Gasteiger partial charge in [-0.05, 0) is 41.9 Å². The monoisotopic (exact) mass is 393 g/mol. The van der Waals surface area contributed by atoms with Crippen molar-refractivity contribution in [1.82, 2.24) is 14.8 Å². The number of rotatable bonds is 6. The number of halogens is 1. The fourth-order valence-corrected chi connectivity index (χ4v) is 3.70. The zero-order valence-corrected chi connectivity index (χ0v) is 15.6. The van der Waals surface area contributed by atoms with Crippen LogP contribution in [0.3, 0.4) is 0 Å². The molecule has 0 unspecified atom stereocenters. The minimum atomic E-state index is 0.0633. The zero-order valence-electron chi connectivity index (χ0n) is 14.1. The lowest BCUT2D eigenvalue weighted by molar-refractivity contribution is -0.121. The summed E-state index contributed by atoms with van der Waals surface area (Å²) < 4.78 is 8.47. The Morgan fingerprint density at radius 3 is 2.83 bits per heavy atom. The maximum Gasteiger partial charge on any atom is 0.239 e. The summed E-state index contributed by atoms with van der Waals surface area (Å²) in [6.07, 6.45) is 0.973. The highest BCUT2D eigenvalue weighted by molar-refractivity contribution is 9.10. The topological polar surface area (TPSA) is 46.5 Å². The van der Waals surface area contributed by atoms with Crippen LogP contribution in [0.4, 0.5) is 0 Å². The fourth-order valence-electron chi connectivity index (χ4n) is 3.15. The summed E-state index contributed by atoms with van der Waals surface area (Å²) >= 11 is 3.63. The molecule has 1 aliphatic heterocycles. The number of benzene rings is 1. The summed E-state index contributed by atoms with van der Waals surface area (Å²) in [5, 5.41) is 4.19. The summed E-state index contributed by atoms with van der Waals surface area (Å²) in [7, 11) is 0. The molecular formula is C18H24BrN3O2. The van der Waals surface area contributed by atoms with E-state index in [0.29, 0.717) is 6.54 Å². The number of morpholine rings is 1. The molecule has 2 aromatic rings. The molecule has 1 aromatic carbocycles. The zero-order chi connectivity index (χ0) is 16.9. The molecule has 130 valence electrons. The van der Waals surface area contributed by atoms with E-state index in [9.17, 15) is 4.79 Å². The van der Waals surface area contributed by atoms with E-state index in [0.717, 1.165) is 66.9 Å². The Morgan fingerprint density at radius 2 is 2.04 bits per heavy atom. The van der Waals surface area contributed by atoms with Gasteiger partial charge in [0.05, 0.1) is 13.2 Å². The first kappa shape index (κ1) is 17.5. The molecule has 1 N–H and O–H groups in total. The van der Waals surface area contributed by atoms with Gasteiger partial charge in [-0.3, -0.25) is 9.69 Å². The second kappa shape index (κ2) is 8.14. The summed E-state index contributed by atoms with van der Waals surface area (Å²) in [5.74, 6) is 0.0633. The number of amides is 1. The Morgan fingerprint density at radius 1 is 1.29 bits per heavy atom. The maximum absolute atomic E-state index is 12.3. The molecule has 5 nitrogen and oxygen atoms in total. The molecule has 0 saturated carbocycles. The Labute approximate surface area is 151 Å². The normalized spacial score (nSPS) is 15.8. The molecule has 1 amide bonds. The van der Waals surface area contributed by atoms with Gasteiger partial charge in [0, 0.05) is 40.7 Å². The first-order chi connectivity index (χ1) is 11.7. The van der Waals surface area contributed by atoms with E-state index < -0.39 is 0 Å². The SMILES string of the molecule is Cc1c(Br)c2ccccc2n1CC(=O)NCCCN1CCOCC1. The maximum atomic E-state index is 12.3. The molecule has 1 fully saturated rings. The second-order valence-electron chi connectivity index (χ2n) is 6.16. The Kier molecular flexibility index (Phi) is 5.92. The van der Waals surface area contributed by atoms with Crippen LogP contribution >= 0.6 is 15.9 Å². The molecule has 1 saturated heterocycles. The molecule has 0 spiro atoms. The number of para-hydroxylation sites is 1.